The molecule has 3 saturated heterocycles. The van der Waals surface area contributed by atoms with Crippen LogP contribution in [-0.2, 0) is 0 Å². The Labute approximate surface area is 212 Å². The van der Waals surface area contributed by atoms with Gasteiger partial charge in [0.2, 0.25) is 0 Å². The Kier molecular flexibility index (Phi) is 5.70. The summed E-state index contributed by atoms with van der Waals surface area (Å²) in [6, 6.07) is 15.6. The number of hydrogen-bond donors (Lipinski definition) is 1. The van der Waals surface area contributed by atoms with Crippen LogP contribution < -0.4 is 20.4 Å². The monoisotopic (exact) mass is 482 g/mol. The molecule has 3 atom stereocenters. The van der Waals surface area contributed by atoms with Crippen LogP contribution in [-0.4, -0.2) is 78.3 Å². The maximum Gasteiger partial charge on any atom is 0.130 e. The van der Waals surface area contributed by atoms with Crippen LogP contribution in [0.3, 0.4) is 0 Å². The number of rotatable bonds is 3. The number of piperazine rings is 2. The Balaban J connectivity index is 1.24. The number of anilines is 3. The quantitative estimate of drug-likeness (QED) is 0.610. The molecule has 3 aromatic rings. The predicted octanol–water partition coefficient (Wildman–Crippen LogP) is 2.83. The van der Waals surface area contributed by atoms with E-state index in [0.717, 1.165) is 69.0 Å². The van der Waals surface area contributed by atoms with Crippen LogP contribution in [0.1, 0.15) is 25.8 Å². The number of benzene rings is 1. The van der Waals surface area contributed by atoms with E-state index in [2.05, 4.69) is 73.7 Å². The van der Waals surface area contributed by atoms with Crippen LogP contribution >= 0.6 is 0 Å². The molecule has 0 saturated carbocycles. The number of aromatic nitrogens is 2. The van der Waals surface area contributed by atoms with E-state index in [4.69, 9.17) is 5.73 Å². The lowest BCUT2D eigenvalue weighted by Crippen LogP contribution is -2.65. The minimum absolute atomic E-state index is 0.143. The van der Waals surface area contributed by atoms with Gasteiger partial charge >= 0.3 is 0 Å². The summed E-state index contributed by atoms with van der Waals surface area (Å²) in [4.78, 5) is 19.2. The van der Waals surface area contributed by atoms with Crippen molar-refractivity contribution in [3.63, 3.8) is 0 Å². The van der Waals surface area contributed by atoms with E-state index < -0.39 is 0 Å². The van der Waals surface area contributed by atoms with Crippen molar-refractivity contribution in [2.75, 3.05) is 60.5 Å². The molecule has 0 bridgehead atoms. The molecule has 186 valence electrons. The van der Waals surface area contributed by atoms with Gasteiger partial charge in [-0.2, -0.15) is 5.26 Å². The first-order valence-corrected chi connectivity index (χ1v) is 13.0. The first-order valence-electron chi connectivity index (χ1n) is 13.0. The fourth-order valence-corrected chi connectivity index (χ4v) is 6.28. The molecule has 36 heavy (non-hydrogen) atoms. The van der Waals surface area contributed by atoms with Crippen molar-refractivity contribution in [2.45, 2.75) is 37.9 Å². The van der Waals surface area contributed by atoms with Gasteiger partial charge < -0.3 is 20.4 Å². The van der Waals surface area contributed by atoms with Crippen LogP contribution in [0.15, 0.2) is 48.8 Å². The maximum atomic E-state index is 9.56. The molecule has 0 radical (unpaired) electrons. The van der Waals surface area contributed by atoms with E-state index in [-0.39, 0.29) is 5.54 Å². The Morgan fingerprint density at radius 2 is 1.86 bits per heavy atom. The van der Waals surface area contributed by atoms with Crippen LogP contribution in [0, 0.1) is 11.3 Å². The van der Waals surface area contributed by atoms with Gasteiger partial charge in [0, 0.05) is 98.7 Å². The third-order valence-electron chi connectivity index (χ3n) is 8.14. The molecule has 0 amide bonds. The van der Waals surface area contributed by atoms with Crippen LogP contribution in [0.5, 0.6) is 0 Å². The molecule has 0 spiro atoms. The third-order valence-corrected chi connectivity index (χ3v) is 8.14. The summed E-state index contributed by atoms with van der Waals surface area (Å²) in [5, 5.41) is 10.6. The van der Waals surface area contributed by atoms with Crippen LogP contribution in [0.4, 0.5) is 17.2 Å². The predicted molar refractivity (Wildman–Crippen MR) is 144 cm³/mol. The lowest BCUT2D eigenvalue weighted by atomic mass is 10.0. The minimum Gasteiger partial charge on any atom is -0.368 e. The molecular formula is C28H34N8. The molecule has 8 heteroatoms. The summed E-state index contributed by atoms with van der Waals surface area (Å²) in [6.45, 7) is 11.2. The van der Waals surface area contributed by atoms with Gasteiger partial charge in [-0.3, -0.25) is 9.88 Å². The summed E-state index contributed by atoms with van der Waals surface area (Å²) in [5.74, 6) is 1.03. The number of hydrogen-bond acceptors (Lipinski definition) is 8. The second-order valence-electron chi connectivity index (χ2n) is 10.9. The Hall–Kier alpha value is -3.41. The van der Waals surface area contributed by atoms with Crippen LogP contribution in [0.2, 0.25) is 0 Å². The molecule has 8 nitrogen and oxygen atoms in total. The first-order chi connectivity index (χ1) is 17.4. The minimum atomic E-state index is -0.143. The van der Waals surface area contributed by atoms with Crippen molar-refractivity contribution in [1.29, 1.82) is 5.26 Å². The van der Waals surface area contributed by atoms with Crippen molar-refractivity contribution in [1.82, 2.24) is 14.9 Å². The number of nitriles is 1. The van der Waals surface area contributed by atoms with Gasteiger partial charge in [-0.1, -0.05) is 0 Å². The van der Waals surface area contributed by atoms with E-state index in [1.54, 1.807) is 6.20 Å². The zero-order valence-corrected chi connectivity index (χ0v) is 21.1. The summed E-state index contributed by atoms with van der Waals surface area (Å²) in [7, 11) is 0. The molecule has 3 aliphatic heterocycles. The number of nitrogens with two attached hydrogens (primary N) is 1. The number of nitrogens with zero attached hydrogens (tertiary/aromatic N) is 7. The second-order valence-corrected chi connectivity index (χ2v) is 10.9. The normalized spacial score (nSPS) is 26.8. The summed E-state index contributed by atoms with van der Waals surface area (Å²) >= 11 is 0. The van der Waals surface area contributed by atoms with Gasteiger partial charge in [-0.05, 0) is 50.6 Å². The Morgan fingerprint density at radius 3 is 2.67 bits per heavy atom. The van der Waals surface area contributed by atoms with Gasteiger partial charge in [0.05, 0.1) is 11.1 Å². The second kappa shape index (κ2) is 8.91. The zero-order chi connectivity index (χ0) is 24.9. The van der Waals surface area contributed by atoms with Crippen molar-refractivity contribution in [2.24, 2.45) is 5.73 Å². The Morgan fingerprint density at radius 1 is 1.00 bits per heavy atom. The van der Waals surface area contributed by atoms with E-state index in [1.807, 2.05) is 18.3 Å². The van der Waals surface area contributed by atoms with Crippen molar-refractivity contribution in [3.8, 4) is 6.07 Å². The highest BCUT2D eigenvalue weighted by Gasteiger charge is 2.37. The van der Waals surface area contributed by atoms with Gasteiger partial charge in [-0.15, -0.1) is 0 Å². The maximum absolute atomic E-state index is 9.56. The average molecular weight is 483 g/mol. The Bertz CT molecular complexity index is 1310. The third kappa shape index (κ3) is 4.12. The molecular weight excluding hydrogens is 448 g/mol. The lowest BCUT2D eigenvalue weighted by molar-refractivity contribution is 0.108. The fraction of sp³-hybridized carbons (Fsp3) is 0.464. The van der Waals surface area contributed by atoms with Crippen molar-refractivity contribution >= 4 is 28.1 Å². The smallest absolute Gasteiger partial charge is 0.130 e. The topological polar surface area (TPSA) is 88.5 Å². The molecule has 0 aliphatic carbocycles. The van der Waals surface area contributed by atoms with Gasteiger partial charge in [-0.25, -0.2) is 4.98 Å². The summed E-state index contributed by atoms with van der Waals surface area (Å²) in [5.41, 5.74) is 10.1. The molecule has 6 rings (SSSR count). The van der Waals surface area contributed by atoms with Crippen molar-refractivity contribution in [3.05, 3.63) is 54.4 Å². The lowest BCUT2D eigenvalue weighted by Gasteiger charge is -2.51. The van der Waals surface area contributed by atoms with Crippen LogP contribution in [0.25, 0.3) is 10.9 Å². The highest BCUT2D eigenvalue weighted by atomic mass is 15.4. The van der Waals surface area contributed by atoms with Gasteiger partial charge in [0.1, 0.15) is 11.9 Å². The summed E-state index contributed by atoms with van der Waals surface area (Å²) < 4.78 is 0. The largest absolute Gasteiger partial charge is 0.368 e. The number of pyridine rings is 2. The molecule has 1 aromatic carbocycles. The average Bonchev–Trinajstić information content (AvgIpc) is 3.27. The molecule has 2 N–H and O–H groups in total. The van der Waals surface area contributed by atoms with E-state index in [0.29, 0.717) is 17.6 Å². The highest BCUT2D eigenvalue weighted by molar-refractivity contribution is 5.95. The molecule has 3 unspecified atom stereocenters. The van der Waals surface area contributed by atoms with E-state index in [1.165, 1.54) is 11.4 Å². The zero-order valence-electron chi connectivity index (χ0n) is 21.1. The first kappa shape index (κ1) is 23.0. The standard InChI is InChI=1S/C28H34N8/c1-20-16-35(25-6-5-21(15-29)27-24(25)4-3-9-32-27)18-23-17-33(12-13-36(20)23)22-7-10-31-26(14-22)34-11-8-28(2,30)19-34/h3-7,9-10,14,20,23H,8,11-13,16-19,30H2,1-2H3. The summed E-state index contributed by atoms with van der Waals surface area (Å²) in [6.07, 6.45) is 4.70. The number of fused-ring (bicyclic) bond motifs is 2. The fourth-order valence-electron chi connectivity index (χ4n) is 6.28. The SMILES string of the molecule is CC1CN(c2ccc(C#N)c3ncccc23)CC2CN(c3ccnc(N4CCC(C)(N)C4)c3)CCN12. The molecule has 3 fully saturated rings. The molecule has 5 heterocycles. The molecule has 2 aromatic heterocycles. The van der Waals surface area contributed by atoms with E-state index in [9.17, 15) is 5.26 Å². The highest BCUT2D eigenvalue weighted by Crippen LogP contribution is 2.33. The van der Waals surface area contributed by atoms with Gasteiger partial charge in [0.15, 0.2) is 0 Å². The van der Waals surface area contributed by atoms with E-state index >= 15 is 0 Å². The van der Waals surface area contributed by atoms with Crippen molar-refractivity contribution < 1.29 is 0 Å². The molecule has 3 aliphatic rings. The van der Waals surface area contributed by atoms with Gasteiger partial charge in [0.25, 0.3) is 0 Å².